The molecule has 1 amide bonds. The van der Waals surface area contributed by atoms with Gasteiger partial charge in [0.25, 0.3) is 5.91 Å². The number of carbonyl (C=O) groups is 1. The van der Waals surface area contributed by atoms with Crippen LogP contribution in [0.25, 0.3) is 0 Å². The molecule has 1 aromatic rings. The van der Waals surface area contributed by atoms with E-state index in [1.54, 1.807) is 19.1 Å². The molecule has 2 atom stereocenters. The summed E-state index contributed by atoms with van der Waals surface area (Å²) in [6.45, 7) is 8.49. The maximum Gasteiger partial charge on any atom is 0.253 e. The van der Waals surface area contributed by atoms with Gasteiger partial charge in [-0.1, -0.05) is 20.3 Å². The van der Waals surface area contributed by atoms with Crippen LogP contribution in [0.5, 0.6) is 0 Å². The minimum absolute atomic E-state index is 0.0199. The molecule has 0 saturated carbocycles. The van der Waals surface area contributed by atoms with E-state index >= 15 is 0 Å². The van der Waals surface area contributed by atoms with Crippen molar-refractivity contribution in [2.24, 2.45) is 5.92 Å². The van der Waals surface area contributed by atoms with Gasteiger partial charge in [-0.2, -0.15) is 0 Å². The van der Waals surface area contributed by atoms with Crippen LogP contribution >= 0.6 is 0 Å². The Bertz CT molecular complexity index is 504. The first-order valence-electron chi connectivity index (χ1n) is 7.85. The van der Waals surface area contributed by atoms with Crippen molar-refractivity contribution < 1.29 is 9.18 Å². The van der Waals surface area contributed by atoms with Gasteiger partial charge in [-0.3, -0.25) is 4.79 Å². The van der Waals surface area contributed by atoms with Gasteiger partial charge in [0.2, 0.25) is 0 Å². The molecule has 0 aromatic heterocycles. The minimum atomic E-state index is -0.260. The molecule has 0 aliphatic carbocycles. The van der Waals surface area contributed by atoms with E-state index < -0.39 is 0 Å². The molecule has 2 unspecified atom stereocenters. The molecular formula is C17H25FN2O. The zero-order chi connectivity index (χ0) is 15.4. The van der Waals surface area contributed by atoms with Gasteiger partial charge < -0.3 is 10.2 Å². The number of amides is 1. The van der Waals surface area contributed by atoms with E-state index in [9.17, 15) is 9.18 Å². The zero-order valence-electron chi connectivity index (χ0n) is 13.2. The molecule has 3 nitrogen and oxygen atoms in total. The van der Waals surface area contributed by atoms with Gasteiger partial charge in [0, 0.05) is 24.7 Å². The normalized spacial score (nSPS) is 22.4. The average Bonchev–Trinajstić information content (AvgIpc) is 2.50. The number of benzene rings is 1. The lowest BCUT2D eigenvalue weighted by Gasteiger charge is -2.38. The Labute approximate surface area is 126 Å². The van der Waals surface area contributed by atoms with Crippen LogP contribution in [0, 0.1) is 18.7 Å². The van der Waals surface area contributed by atoms with Crippen molar-refractivity contribution >= 4 is 5.91 Å². The fraction of sp³-hybridized carbons (Fsp3) is 0.588. The molecule has 0 radical (unpaired) electrons. The number of aryl methyl sites for hydroxylation is 1. The predicted molar refractivity (Wildman–Crippen MR) is 82.9 cm³/mol. The van der Waals surface area contributed by atoms with Gasteiger partial charge in [0.15, 0.2) is 0 Å². The summed E-state index contributed by atoms with van der Waals surface area (Å²) in [5.74, 6) is 0.250. The van der Waals surface area contributed by atoms with Crippen molar-refractivity contribution in [3.8, 4) is 0 Å². The van der Waals surface area contributed by atoms with E-state index in [1.807, 2.05) is 4.90 Å². The van der Waals surface area contributed by atoms with Gasteiger partial charge in [-0.25, -0.2) is 4.39 Å². The van der Waals surface area contributed by atoms with Gasteiger partial charge in [0.05, 0.1) is 0 Å². The number of halogens is 1. The van der Waals surface area contributed by atoms with Crippen LogP contribution in [0.15, 0.2) is 18.2 Å². The van der Waals surface area contributed by atoms with Crippen LogP contribution in [-0.2, 0) is 0 Å². The lowest BCUT2D eigenvalue weighted by Crippen LogP contribution is -2.50. The molecule has 116 valence electrons. The molecule has 1 saturated heterocycles. The first-order valence-corrected chi connectivity index (χ1v) is 7.85. The van der Waals surface area contributed by atoms with E-state index in [0.29, 0.717) is 23.1 Å². The molecule has 1 N–H and O–H groups in total. The van der Waals surface area contributed by atoms with Crippen LogP contribution in [-0.4, -0.2) is 36.5 Å². The van der Waals surface area contributed by atoms with Gasteiger partial charge in [-0.05, 0) is 49.6 Å². The minimum Gasteiger partial charge on any atom is -0.338 e. The highest BCUT2D eigenvalue weighted by molar-refractivity contribution is 5.94. The van der Waals surface area contributed by atoms with Crippen molar-refractivity contribution in [1.82, 2.24) is 10.2 Å². The predicted octanol–water partition coefficient (Wildman–Crippen LogP) is 2.98. The fourth-order valence-electron chi connectivity index (χ4n) is 3.12. The summed E-state index contributed by atoms with van der Waals surface area (Å²) in [6.07, 6.45) is 2.04. The van der Waals surface area contributed by atoms with Crippen LogP contribution in [0.1, 0.15) is 42.6 Å². The molecule has 1 aliphatic rings. The van der Waals surface area contributed by atoms with Crippen molar-refractivity contribution in [2.45, 2.75) is 39.7 Å². The second-order valence-corrected chi connectivity index (χ2v) is 5.84. The lowest BCUT2D eigenvalue weighted by molar-refractivity contribution is 0.0628. The number of hydrogen-bond acceptors (Lipinski definition) is 2. The summed E-state index contributed by atoms with van der Waals surface area (Å²) in [5.41, 5.74) is 1.11. The Morgan fingerprint density at radius 2 is 2.19 bits per heavy atom. The third kappa shape index (κ3) is 3.62. The Morgan fingerprint density at radius 1 is 1.43 bits per heavy atom. The average molecular weight is 292 g/mol. The molecule has 1 aromatic carbocycles. The summed E-state index contributed by atoms with van der Waals surface area (Å²) >= 11 is 0. The highest BCUT2D eigenvalue weighted by Gasteiger charge is 2.30. The molecule has 2 rings (SSSR count). The van der Waals surface area contributed by atoms with E-state index in [-0.39, 0.29) is 11.7 Å². The molecule has 1 heterocycles. The number of rotatable bonds is 4. The summed E-state index contributed by atoms with van der Waals surface area (Å²) in [7, 11) is 0. The molecule has 0 bridgehead atoms. The highest BCUT2D eigenvalue weighted by atomic mass is 19.1. The molecule has 0 spiro atoms. The Hall–Kier alpha value is -1.42. The number of nitrogens with zero attached hydrogens (tertiary/aromatic N) is 1. The van der Waals surface area contributed by atoms with E-state index in [1.165, 1.54) is 6.07 Å². The van der Waals surface area contributed by atoms with Crippen LogP contribution < -0.4 is 5.32 Å². The quantitative estimate of drug-likeness (QED) is 0.925. The number of nitrogens with one attached hydrogen (secondary N) is 1. The fourth-order valence-corrected chi connectivity index (χ4v) is 3.12. The Kier molecular flexibility index (Phi) is 5.34. The summed E-state index contributed by atoms with van der Waals surface area (Å²) in [5, 5.41) is 3.51. The van der Waals surface area contributed by atoms with Crippen molar-refractivity contribution in [3.63, 3.8) is 0 Å². The van der Waals surface area contributed by atoms with Crippen molar-refractivity contribution in [2.75, 3.05) is 19.6 Å². The van der Waals surface area contributed by atoms with Gasteiger partial charge in [-0.15, -0.1) is 0 Å². The molecule has 1 fully saturated rings. The third-order valence-corrected chi connectivity index (χ3v) is 4.42. The number of carbonyl (C=O) groups excluding carboxylic acids is 1. The summed E-state index contributed by atoms with van der Waals surface area (Å²) < 4.78 is 13.3. The number of likely N-dealkylation sites (tertiary alicyclic amines) is 1. The number of hydrogen-bond donors (Lipinski definition) is 1. The molecule has 4 heteroatoms. The molecular weight excluding hydrogens is 267 g/mol. The lowest BCUT2D eigenvalue weighted by atomic mass is 9.89. The third-order valence-electron chi connectivity index (χ3n) is 4.42. The molecule has 1 aliphatic heterocycles. The standard InChI is InChI=1S/C17H25FN2O/c1-4-13-11-20(9-8-16(13)19-5-2)17(21)14-6-7-15(18)12(3)10-14/h6-7,10,13,16,19H,4-5,8-9,11H2,1-3H3. The number of piperidine rings is 1. The van der Waals surface area contributed by atoms with Crippen LogP contribution in [0.2, 0.25) is 0 Å². The first-order chi connectivity index (χ1) is 10.1. The Balaban J connectivity index is 2.08. The monoisotopic (exact) mass is 292 g/mol. The second kappa shape index (κ2) is 7.03. The van der Waals surface area contributed by atoms with E-state index in [2.05, 4.69) is 19.2 Å². The topological polar surface area (TPSA) is 32.3 Å². The maximum atomic E-state index is 13.3. The largest absolute Gasteiger partial charge is 0.338 e. The zero-order valence-corrected chi connectivity index (χ0v) is 13.2. The second-order valence-electron chi connectivity index (χ2n) is 5.84. The maximum absolute atomic E-state index is 13.3. The summed E-state index contributed by atoms with van der Waals surface area (Å²) in [6, 6.07) is 5.11. The SMILES string of the molecule is CCNC1CCN(C(=O)c2ccc(F)c(C)c2)CC1CC. The van der Waals surface area contributed by atoms with E-state index in [0.717, 1.165) is 32.5 Å². The smallest absolute Gasteiger partial charge is 0.253 e. The van der Waals surface area contributed by atoms with Crippen molar-refractivity contribution in [1.29, 1.82) is 0 Å². The molecule has 21 heavy (non-hydrogen) atoms. The van der Waals surface area contributed by atoms with Gasteiger partial charge >= 0.3 is 0 Å². The van der Waals surface area contributed by atoms with E-state index in [4.69, 9.17) is 0 Å². The van der Waals surface area contributed by atoms with Crippen LogP contribution in [0.4, 0.5) is 4.39 Å². The van der Waals surface area contributed by atoms with Crippen LogP contribution in [0.3, 0.4) is 0 Å². The summed E-state index contributed by atoms with van der Waals surface area (Å²) in [4.78, 5) is 14.5. The Morgan fingerprint density at radius 3 is 2.81 bits per heavy atom. The van der Waals surface area contributed by atoms with Gasteiger partial charge in [0.1, 0.15) is 5.82 Å². The van der Waals surface area contributed by atoms with Crippen molar-refractivity contribution in [3.05, 3.63) is 35.1 Å². The first kappa shape index (κ1) is 16.0. The highest BCUT2D eigenvalue weighted by Crippen LogP contribution is 2.22.